The number of carboxylic acids is 1. The predicted octanol–water partition coefficient (Wildman–Crippen LogP) is 2.60. The molecule has 0 aromatic heterocycles. The zero-order valence-corrected chi connectivity index (χ0v) is 17.1. The summed E-state index contributed by atoms with van der Waals surface area (Å²) in [5, 5.41) is 9.02. The van der Waals surface area contributed by atoms with Crippen LogP contribution in [0.4, 0.5) is 0 Å². The van der Waals surface area contributed by atoms with Crippen LogP contribution in [0.25, 0.3) is 6.08 Å². The lowest BCUT2D eigenvalue weighted by Crippen LogP contribution is -2.48. The summed E-state index contributed by atoms with van der Waals surface area (Å²) in [7, 11) is -3.45. The summed E-state index contributed by atoms with van der Waals surface area (Å²) < 4.78 is 27.6. The minimum absolute atomic E-state index is 0. The Labute approximate surface area is 167 Å². The number of fused-ring (bicyclic) bond motifs is 1. The van der Waals surface area contributed by atoms with Crippen LogP contribution in [-0.2, 0) is 21.2 Å². The van der Waals surface area contributed by atoms with E-state index < -0.39 is 16.0 Å². The minimum atomic E-state index is -3.45. The van der Waals surface area contributed by atoms with Crippen LogP contribution >= 0.6 is 12.4 Å². The van der Waals surface area contributed by atoms with E-state index in [9.17, 15) is 13.2 Å². The maximum absolute atomic E-state index is 13.0. The van der Waals surface area contributed by atoms with Crippen LogP contribution < -0.4 is 0 Å². The second-order valence-corrected chi connectivity index (χ2v) is 8.89. The highest BCUT2D eigenvalue weighted by Crippen LogP contribution is 2.30. The number of aliphatic carboxylic acids is 1. The van der Waals surface area contributed by atoms with Gasteiger partial charge in [0.2, 0.25) is 10.0 Å². The molecule has 0 saturated carbocycles. The van der Waals surface area contributed by atoms with E-state index >= 15 is 0 Å². The highest BCUT2D eigenvalue weighted by Gasteiger charge is 2.33. The lowest BCUT2D eigenvalue weighted by Gasteiger charge is -2.37. The van der Waals surface area contributed by atoms with Crippen molar-refractivity contribution in [2.75, 3.05) is 26.2 Å². The number of carbonyl (C=O) groups is 1. The molecule has 0 unspecified atom stereocenters. The smallest absolute Gasteiger partial charge is 0.317 e. The van der Waals surface area contributed by atoms with Crippen molar-refractivity contribution in [1.29, 1.82) is 0 Å². The fraction of sp³-hybridized carbons (Fsp3) is 0.526. The molecular weight excluding hydrogens is 388 g/mol. The molecule has 1 aliphatic heterocycles. The van der Waals surface area contributed by atoms with Crippen LogP contribution in [0.3, 0.4) is 0 Å². The van der Waals surface area contributed by atoms with E-state index in [0.29, 0.717) is 43.8 Å². The van der Waals surface area contributed by atoms with Crippen LogP contribution in [0.1, 0.15) is 37.3 Å². The first kappa shape index (κ1) is 21.9. The SMILES string of the molecule is CCN(CC(=O)O)C1CCN(S(=O)(=O)C2=Cc3ccccc3CC2)CC1.Cl. The number of carboxylic acid groups (broad SMARTS) is 1. The zero-order chi connectivity index (χ0) is 18.7. The van der Waals surface area contributed by atoms with Gasteiger partial charge >= 0.3 is 5.97 Å². The molecule has 6 nitrogen and oxygen atoms in total. The van der Waals surface area contributed by atoms with Crippen molar-refractivity contribution in [3.63, 3.8) is 0 Å². The van der Waals surface area contributed by atoms with Crippen molar-refractivity contribution in [1.82, 2.24) is 9.21 Å². The van der Waals surface area contributed by atoms with Crippen molar-refractivity contribution in [2.24, 2.45) is 0 Å². The Bertz CT molecular complexity index is 802. The summed E-state index contributed by atoms with van der Waals surface area (Å²) in [6, 6.07) is 8.04. The van der Waals surface area contributed by atoms with Gasteiger partial charge in [0.25, 0.3) is 0 Å². The standard InChI is InChI=1S/C19H26N2O4S.ClH/c1-2-20(14-19(22)23)17-9-11-21(12-10-17)26(24,25)18-8-7-15-5-3-4-6-16(15)13-18;/h3-6,13,17H,2,7-12,14H2,1H3,(H,22,23);1H. The Balaban J connectivity index is 0.00000261. The van der Waals surface area contributed by atoms with Crippen LogP contribution in [0, 0.1) is 0 Å². The maximum Gasteiger partial charge on any atom is 0.317 e. The second-order valence-electron chi connectivity index (χ2n) is 6.90. The molecule has 0 atom stereocenters. The van der Waals surface area contributed by atoms with Gasteiger partial charge in [-0.3, -0.25) is 9.69 Å². The number of hydrogen-bond acceptors (Lipinski definition) is 4. The molecule has 0 radical (unpaired) electrons. The minimum Gasteiger partial charge on any atom is -0.480 e. The predicted molar refractivity (Wildman–Crippen MR) is 108 cm³/mol. The molecule has 1 aromatic carbocycles. The summed E-state index contributed by atoms with van der Waals surface area (Å²) in [5.74, 6) is -0.840. The third-order valence-corrected chi connectivity index (χ3v) is 7.40. The van der Waals surface area contributed by atoms with Crippen molar-refractivity contribution in [2.45, 2.75) is 38.6 Å². The molecule has 1 aromatic rings. The summed E-state index contributed by atoms with van der Waals surface area (Å²) in [5.41, 5.74) is 2.18. The third kappa shape index (κ3) is 4.90. The van der Waals surface area contributed by atoms with E-state index in [-0.39, 0.29) is 25.0 Å². The van der Waals surface area contributed by atoms with Gasteiger partial charge in [0.15, 0.2) is 0 Å². The number of nitrogens with zero attached hydrogens (tertiary/aromatic N) is 2. The molecule has 0 amide bonds. The number of piperidine rings is 1. The highest BCUT2D eigenvalue weighted by molar-refractivity contribution is 7.93. The van der Waals surface area contributed by atoms with Gasteiger partial charge in [0, 0.05) is 19.1 Å². The number of rotatable bonds is 6. The number of halogens is 1. The molecule has 0 bridgehead atoms. The third-order valence-electron chi connectivity index (χ3n) is 5.37. The molecule has 1 saturated heterocycles. The number of aryl methyl sites for hydroxylation is 1. The van der Waals surface area contributed by atoms with E-state index in [1.54, 1.807) is 4.31 Å². The number of likely N-dealkylation sites (N-methyl/N-ethyl adjacent to an activating group) is 1. The lowest BCUT2D eigenvalue weighted by atomic mass is 9.98. The molecule has 2 aliphatic rings. The molecule has 1 fully saturated rings. The summed E-state index contributed by atoms with van der Waals surface area (Å²) in [4.78, 5) is 13.4. The average Bonchev–Trinajstić information content (AvgIpc) is 2.65. The quantitative estimate of drug-likeness (QED) is 0.774. The maximum atomic E-state index is 13.0. The van der Waals surface area contributed by atoms with Gasteiger partial charge in [-0.05, 0) is 49.4 Å². The number of sulfonamides is 1. The number of benzene rings is 1. The van der Waals surface area contributed by atoms with Crippen LogP contribution in [0.2, 0.25) is 0 Å². The molecule has 0 spiro atoms. The monoisotopic (exact) mass is 414 g/mol. The highest BCUT2D eigenvalue weighted by atomic mass is 35.5. The second kappa shape index (κ2) is 9.19. The first-order chi connectivity index (χ1) is 12.4. The molecule has 1 aliphatic carbocycles. The normalized spacial score (nSPS) is 18.5. The van der Waals surface area contributed by atoms with Crippen LogP contribution in [0.5, 0.6) is 0 Å². The first-order valence-electron chi connectivity index (χ1n) is 9.16. The van der Waals surface area contributed by atoms with Gasteiger partial charge in [0.1, 0.15) is 0 Å². The Morgan fingerprint density at radius 3 is 2.52 bits per heavy atom. The molecule has 8 heteroatoms. The van der Waals surface area contributed by atoms with Crippen molar-refractivity contribution in [3.8, 4) is 0 Å². The fourth-order valence-electron chi connectivity index (χ4n) is 3.90. The average molecular weight is 415 g/mol. The van der Waals surface area contributed by atoms with Crippen molar-refractivity contribution in [3.05, 3.63) is 40.3 Å². The molecule has 150 valence electrons. The van der Waals surface area contributed by atoms with Crippen LogP contribution in [-0.4, -0.2) is 60.9 Å². The summed E-state index contributed by atoms with van der Waals surface area (Å²) in [6.07, 6.45) is 4.44. The molecule has 1 N–H and O–H groups in total. The lowest BCUT2D eigenvalue weighted by molar-refractivity contribution is -0.139. The number of allylic oxidation sites excluding steroid dienone is 1. The summed E-state index contributed by atoms with van der Waals surface area (Å²) in [6.45, 7) is 3.50. The van der Waals surface area contributed by atoms with E-state index in [0.717, 1.165) is 12.0 Å². The van der Waals surface area contributed by atoms with Crippen LogP contribution in [0.15, 0.2) is 29.2 Å². The molecular formula is C19H27ClN2O4S. The van der Waals surface area contributed by atoms with E-state index in [1.807, 2.05) is 42.2 Å². The Morgan fingerprint density at radius 1 is 1.22 bits per heavy atom. The van der Waals surface area contributed by atoms with Gasteiger partial charge in [-0.2, -0.15) is 4.31 Å². The largest absolute Gasteiger partial charge is 0.480 e. The fourth-order valence-corrected chi connectivity index (χ4v) is 5.56. The Hall–Kier alpha value is -1.41. The van der Waals surface area contributed by atoms with Crippen molar-refractivity contribution >= 4 is 34.5 Å². The zero-order valence-electron chi connectivity index (χ0n) is 15.5. The Morgan fingerprint density at radius 2 is 1.89 bits per heavy atom. The Kier molecular flexibility index (Phi) is 7.45. The molecule has 27 heavy (non-hydrogen) atoms. The topological polar surface area (TPSA) is 77.9 Å². The van der Waals surface area contributed by atoms with Gasteiger partial charge in [-0.1, -0.05) is 31.2 Å². The molecule has 3 rings (SSSR count). The molecule has 1 heterocycles. The van der Waals surface area contributed by atoms with Gasteiger partial charge < -0.3 is 5.11 Å². The first-order valence-corrected chi connectivity index (χ1v) is 10.6. The summed E-state index contributed by atoms with van der Waals surface area (Å²) >= 11 is 0. The number of hydrogen-bond donors (Lipinski definition) is 1. The van der Waals surface area contributed by atoms with E-state index in [4.69, 9.17) is 5.11 Å². The van der Waals surface area contributed by atoms with Gasteiger partial charge in [-0.15, -0.1) is 12.4 Å². The van der Waals surface area contributed by atoms with Gasteiger partial charge in [-0.25, -0.2) is 8.42 Å². The van der Waals surface area contributed by atoms with Gasteiger partial charge in [0.05, 0.1) is 11.4 Å². The van der Waals surface area contributed by atoms with Crippen molar-refractivity contribution < 1.29 is 18.3 Å². The van der Waals surface area contributed by atoms with E-state index in [2.05, 4.69) is 0 Å². The van der Waals surface area contributed by atoms with E-state index in [1.165, 1.54) is 5.56 Å².